The van der Waals surface area contributed by atoms with Crippen LogP contribution in [0.2, 0.25) is 0 Å². The summed E-state index contributed by atoms with van der Waals surface area (Å²) in [6.45, 7) is 7.21. The molecular weight excluding hydrogens is 238 g/mol. The standard InChI is InChI=1S/C15H31N3O/c1-12(2)14(17(4)5)15(19)18-10-7-13(8-11-18)6-9-16-3/h12-14,16H,6-11H2,1-5H3/t14-/m1/s1. The fraction of sp³-hybridized carbons (Fsp3) is 0.933. The number of hydrogen-bond donors (Lipinski definition) is 1. The first-order valence-corrected chi connectivity index (χ1v) is 7.57. The molecule has 0 aliphatic carbocycles. The molecule has 0 saturated carbocycles. The van der Waals surface area contributed by atoms with Crippen LogP contribution >= 0.6 is 0 Å². The Labute approximate surface area is 118 Å². The second-order valence-corrected chi connectivity index (χ2v) is 6.31. The minimum absolute atomic E-state index is 0.0221. The van der Waals surface area contributed by atoms with Crippen molar-refractivity contribution in [3.8, 4) is 0 Å². The Bertz CT molecular complexity index is 263. The topological polar surface area (TPSA) is 35.6 Å². The van der Waals surface area contributed by atoms with Gasteiger partial charge in [-0.15, -0.1) is 0 Å². The molecule has 1 N–H and O–H groups in total. The van der Waals surface area contributed by atoms with E-state index < -0.39 is 0 Å². The van der Waals surface area contributed by atoms with E-state index in [1.807, 2.05) is 21.1 Å². The average Bonchev–Trinajstić information content (AvgIpc) is 2.36. The van der Waals surface area contributed by atoms with Gasteiger partial charge in [0.1, 0.15) is 0 Å². The third-order valence-electron chi connectivity index (χ3n) is 4.17. The first-order valence-electron chi connectivity index (χ1n) is 7.57. The van der Waals surface area contributed by atoms with Gasteiger partial charge in [-0.2, -0.15) is 0 Å². The van der Waals surface area contributed by atoms with E-state index in [2.05, 4.69) is 29.0 Å². The molecule has 112 valence electrons. The van der Waals surface area contributed by atoms with Crippen LogP contribution in [0, 0.1) is 11.8 Å². The van der Waals surface area contributed by atoms with Gasteiger partial charge in [0.05, 0.1) is 6.04 Å². The maximum absolute atomic E-state index is 12.6. The number of rotatable bonds is 6. The van der Waals surface area contributed by atoms with E-state index in [1.165, 1.54) is 6.42 Å². The van der Waals surface area contributed by atoms with Crippen LogP contribution < -0.4 is 5.32 Å². The number of nitrogens with one attached hydrogen (secondary N) is 1. The molecule has 19 heavy (non-hydrogen) atoms. The largest absolute Gasteiger partial charge is 0.341 e. The number of carbonyl (C=O) groups excluding carboxylic acids is 1. The summed E-state index contributed by atoms with van der Waals surface area (Å²) < 4.78 is 0. The number of carbonyl (C=O) groups is 1. The van der Waals surface area contributed by atoms with Crippen LogP contribution in [0.15, 0.2) is 0 Å². The molecule has 0 aromatic rings. The quantitative estimate of drug-likeness (QED) is 0.792. The second kappa shape index (κ2) is 7.85. The van der Waals surface area contributed by atoms with Crippen LogP contribution in [-0.2, 0) is 4.79 Å². The van der Waals surface area contributed by atoms with Gasteiger partial charge in [-0.25, -0.2) is 0 Å². The van der Waals surface area contributed by atoms with Crippen LogP contribution in [0.5, 0.6) is 0 Å². The summed E-state index contributed by atoms with van der Waals surface area (Å²) in [6.07, 6.45) is 3.55. The van der Waals surface area contributed by atoms with Gasteiger partial charge in [0, 0.05) is 13.1 Å². The van der Waals surface area contributed by atoms with E-state index in [-0.39, 0.29) is 6.04 Å². The van der Waals surface area contributed by atoms with Gasteiger partial charge in [0.25, 0.3) is 0 Å². The first-order chi connectivity index (χ1) is 8.97. The Morgan fingerprint density at radius 2 is 1.89 bits per heavy atom. The van der Waals surface area contributed by atoms with Crippen LogP contribution in [0.25, 0.3) is 0 Å². The van der Waals surface area contributed by atoms with Crippen molar-refractivity contribution >= 4 is 5.91 Å². The fourth-order valence-electron chi connectivity index (χ4n) is 3.08. The van der Waals surface area contributed by atoms with Gasteiger partial charge < -0.3 is 10.2 Å². The SMILES string of the molecule is CNCCC1CCN(C(=O)[C@@H](C(C)C)N(C)C)CC1. The summed E-state index contributed by atoms with van der Waals surface area (Å²) in [4.78, 5) is 16.7. The van der Waals surface area contributed by atoms with Crippen molar-refractivity contribution in [1.29, 1.82) is 0 Å². The van der Waals surface area contributed by atoms with Gasteiger partial charge in [-0.3, -0.25) is 9.69 Å². The molecule has 1 aliphatic heterocycles. The highest BCUT2D eigenvalue weighted by Crippen LogP contribution is 2.22. The van der Waals surface area contributed by atoms with E-state index in [1.54, 1.807) is 0 Å². The number of hydrogen-bond acceptors (Lipinski definition) is 3. The average molecular weight is 269 g/mol. The molecule has 1 atom stereocenters. The molecule has 0 spiro atoms. The predicted molar refractivity (Wildman–Crippen MR) is 80.2 cm³/mol. The Morgan fingerprint density at radius 1 is 1.32 bits per heavy atom. The lowest BCUT2D eigenvalue weighted by Gasteiger charge is -2.37. The zero-order valence-electron chi connectivity index (χ0n) is 13.3. The highest BCUT2D eigenvalue weighted by Gasteiger charge is 2.31. The molecule has 0 unspecified atom stereocenters. The number of amides is 1. The molecule has 4 nitrogen and oxygen atoms in total. The lowest BCUT2D eigenvalue weighted by Crippen LogP contribution is -2.51. The Hall–Kier alpha value is -0.610. The third kappa shape index (κ3) is 4.77. The van der Waals surface area contributed by atoms with Crippen molar-refractivity contribution < 1.29 is 4.79 Å². The number of likely N-dealkylation sites (N-methyl/N-ethyl adjacent to an activating group) is 1. The van der Waals surface area contributed by atoms with Crippen molar-refractivity contribution in [3.05, 3.63) is 0 Å². The van der Waals surface area contributed by atoms with Gasteiger partial charge in [0.15, 0.2) is 0 Å². The molecule has 1 saturated heterocycles. The van der Waals surface area contributed by atoms with Crippen LogP contribution in [0.3, 0.4) is 0 Å². The van der Waals surface area contributed by atoms with Gasteiger partial charge in [-0.05, 0) is 58.8 Å². The van der Waals surface area contributed by atoms with Gasteiger partial charge in [-0.1, -0.05) is 13.8 Å². The Kier molecular flexibility index (Phi) is 6.80. The number of nitrogens with zero attached hydrogens (tertiary/aromatic N) is 2. The highest BCUT2D eigenvalue weighted by molar-refractivity contribution is 5.82. The molecule has 0 bridgehead atoms. The molecule has 1 rings (SSSR count). The summed E-state index contributed by atoms with van der Waals surface area (Å²) in [5.41, 5.74) is 0. The highest BCUT2D eigenvalue weighted by atomic mass is 16.2. The van der Waals surface area contributed by atoms with E-state index in [4.69, 9.17) is 0 Å². The van der Waals surface area contributed by atoms with E-state index in [0.29, 0.717) is 11.8 Å². The monoisotopic (exact) mass is 269 g/mol. The van der Waals surface area contributed by atoms with Crippen molar-refractivity contribution in [2.24, 2.45) is 11.8 Å². The molecular formula is C15H31N3O. The minimum Gasteiger partial charge on any atom is -0.341 e. The van der Waals surface area contributed by atoms with Crippen molar-refractivity contribution in [3.63, 3.8) is 0 Å². The molecule has 4 heteroatoms. The molecule has 0 aromatic heterocycles. The third-order valence-corrected chi connectivity index (χ3v) is 4.17. The molecule has 1 aliphatic rings. The van der Waals surface area contributed by atoms with Crippen LogP contribution in [-0.4, -0.2) is 62.5 Å². The lowest BCUT2D eigenvalue weighted by molar-refractivity contribution is -0.139. The summed E-state index contributed by atoms with van der Waals surface area (Å²) in [6, 6.07) is 0.0221. The number of piperidine rings is 1. The zero-order valence-corrected chi connectivity index (χ0v) is 13.3. The molecule has 1 heterocycles. The molecule has 1 fully saturated rings. The lowest BCUT2D eigenvalue weighted by atomic mass is 9.92. The van der Waals surface area contributed by atoms with E-state index in [0.717, 1.165) is 38.4 Å². The first kappa shape index (κ1) is 16.4. The molecule has 0 radical (unpaired) electrons. The molecule has 0 aromatic carbocycles. The van der Waals surface area contributed by atoms with Gasteiger partial charge >= 0.3 is 0 Å². The summed E-state index contributed by atoms with van der Waals surface area (Å²) in [5.74, 6) is 1.46. The zero-order chi connectivity index (χ0) is 14.4. The maximum Gasteiger partial charge on any atom is 0.240 e. The minimum atomic E-state index is 0.0221. The van der Waals surface area contributed by atoms with Crippen molar-refractivity contribution in [2.75, 3.05) is 40.8 Å². The molecule has 1 amide bonds. The van der Waals surface area contributed by atoms with Gasteiger partial charge in [0.2, 0.25) is 5.91 Å². The fourth-order valence-corrected chi connectivity index (χ4v) is 3.08. The maximum atomic E-state index is 12.6. The van der Waals surface area contributed by atoms with Crippen molar-refractivity contribution in [1.82, 2.24) is 15.1 Å². The summed E-state index contributed by atoms with van der Waals surface area (Å²) in [7, 11) is 6.01. The Balaban J connectivity index is 2.47. The normalized spacial score (nSPS) is 19.2. The van der Waals surface area contributed by atoms with Crippen LogP contribution in [0.4, 0.5) is 0 Å². The predicted octanol–water partition coefficient (Wildman–Crippen LogP) is 1.42. The Morgan fingerprint density at radius 3 is 2.32 bits per heavy atom. The van der Waals surface area contributed by atoms with E-state index in [9.17, 15) is 4.79 Å². The van der Waals surface area contributed by atoms with Crippen molar-refractivity contribution in [2.45, 2.75) is 39.2 Å². The number of likely N-dealkylation sites (tertiary alicyclic amines) is 1. The second-order valence-electron chi connectivity index (χ2n) is 6.31. The van der Waals surface area contributed by atoms with E-state index >= 15 is 0 Å². The smallest absolute Gasteiger partial charge is 0.240 e. The summed E-state index contributed by atoms with van der Waals surface area (Å²) >= 11 is 0. The summed E-state index contributed by atoms with van der Waals surface area (Å²) in [5, 5.41) is 3.21. The van der Waals surface area contributed by atoms with Crippen LogP contribution in [0.1, 0.15) is 33.1 Å².